The average Bonchev–Trinajstić information content (AvgIpc) is 3.40. The zero-order valence-corrected chi connectivity index (χ0v) is 22.3. The lowest BCUT2D eigenvalue weighted by Gasteiger charge is -2.41. The number of carbonyl (C=O) groups excluding carboxylic acids is 1. The Morgan fingerprint density at radius 3 is 2.69 bits per heavy atom. The van der Waals surface area contributed by atoms with Gasteiger partial charge in [0, 0.05) is 62.1 Å². The summed E-state index contributed by atoms with van der Waals surface area (Å²) in [5.41, 5.74) is 3.10. The second-order valence-electron chi connectivity index (χ2n) is 9.00. The molecule has 2 aliphatic heterocycles. The van der Waals surface area contributed by atoms with Crippen molar-refractivity contribution in [3.8, 4) is 0 Å². The summed E-state index contributed by atoms with van der Waals surface area (Å²) in [6, 6.07) is 12.5. The molecule has 0 bridgehead atoms. The first kappa shape index (κ1) is 24.9. The number of anilines is 3. The SMILES string of the molecule is C[C@@H](C(=O)N1CCN(c2cccc(S(=O)(=O)Nc3nccs3)c2)CC1)N1CCCc2cc(Cl)ccc21.[HH]. The fourth-order valence-electron chi connectivity index (χ4n) is 4.87. The number of rotatable bonds is 6. The fourth-order valence-corrected chi connectivity index (χ4v) is 6.90. The molecule has 0 saturated carbocycles. The van der Waals surface area contributed by atoms with Gasteiger partial charge in [-0.25, -0.2) is 13.4 Å². The number of piperazine rings is 1. The van der Waals surface area contributed by atoms with Crippen molar-refractivity contribution in [2.24, 2.45) is 0 Å². The van der Waals surface area contributed by atoms with Crippen LogP contribution in [-0.4, -0.2) is 63.0 Å². The Kier molecular flexibility index (Phi) is 7.09. The molecule has 0 unspecified atom stereocenters. The molecule has 8 nitrogen and oxygen atoms in total. The highest BCUT2D eigenvalue weighted by Crippen LogP contribution is 2.31. The van der Waals surface area contributed by atoms with Crippen molar-refractivity contribution in [1.29, 1.82) is 0 Å². The van der Waals surface area contributed by atoms with Gasteiger partial charge < -0.3 is 14.7 Å². The van der Waals surface area contributed by atoms with Crippen LogP contribution in [0.1, 0.15) is 20.3 Å². The number of hydrogen-bond acceptors (Lipinski definition) is 7. The molecule has 1 atom stereocenters. The molecule has 0 radical (unpaired) electrons. The molecule has 1 aromatic heterocycles. The van der Waals surface area contributed by atoms with Gasteiger partial charge in [-0.3, -0.25) is 9.52 Å². The number of fused-ring (bicyclic) bond motifs is 1. The van der Waals surface area contributed by atoms with Crippen molar-refractivity contribution in [1.82, 2.24) is 9.88 Å². The van der Waals surface area contributed by atoms with E-state index in [0.29, 0.717) is 31.3 Å². The number of sulfonamides is 1. The Bertz CT molecular complexity index is 1350. The molecule has 11 heteroatoms. The van der Waals surface area contributed by atoms with Gasteiger partial charge in [0.25, 0.3) is 10.0 Å². The Balaban J connectivity index is 0.00000320. The average molecular weight is 548 g/mol. The molecule has 0 aliphatic carbocycles. The maximum Gasteiger partial charge on any atom is 0.263 e. The maximum atomic E-state index is 13.4. The monoisotopic (exact) mass is 547 g/mol. The predicted molar refractivity (Wildman–Crippen MR) is 147 cm³/mol. The molecule has 1 fully saturated rings. The first-order valence-electron chi connectivity index (χ1n) is 11.9. The fraction of sp³-hybridized carbons (Fsp3) is 0.360. The predicted octanol–water partition coefficient (Wildman–Crippen LogP) is 4.33. The summed E-state index contributed by atoms with van der Waals surface area (Å²) in [5.74, 6) is 0.112. The maximum absolute atomic E-state index is 13.4. The molecule has 1 N–H and O–H groups in total. The molecule has 1 amide bonds. The van der Waals surface area contributed by atoms with Gasteiger partial charge in [-0.2, -0.15) is 0 Å². The minimum Gasteiger partial charge on any atom is -0.368 e. The van der Waals surface area contributed by atoms with Crippen LogP contribution >= 0.6 is 22.9 Å². The second kappa shape index (κ2) is 10.3. The topological polar surface area (TPSA) is 85.8 Å². The summed E-state index contributed by atoms with van der Waals surface area (Å²) in [5, 5.41) is 2.78. The summed E-state index contributed by atoms with van der Waals surface area (Å²) in [7, 11) is -3.73. The van der Waals surface area contributed by atoms with Gasteiger partial charge in [0.05, 0.1) is 4.90 Å². The van der Waals surface area contributed by atoms with Crippen LogP contribution in [0.3, 0.4) is 0 Å². The van der Waals surface area contributed by atoms with E-state index < -0.39 is 10.0 Å². The third-order valence-corrected chi connectivity index (χ3v) is 9.15. The van der Waals surface area contributed by atoms with E-state index in [1.54, 1.807) is 29.8 Å². The van der Waals surface area contributed by atoms with Crippen LogP contribution in [0.25, 0.3) is 0 Å². The van der Waals surface area contributed by atoms with Gasteiger partial charge >= 0.3 is 0 Å². The van der Waals surface area contributed by atoms with E-state index in [2.05, 4.69) is 19.5 Å². The Morgan fingerprint density at radius 1 is 1.14 bits per heavy atom. The molecular weight excluding hydrogens is 518 g/mol. The molecule has 2 aliphatic rings. The number of halogens is 1. The third-order valence-electron chi connectivity index (χ3n) is 6.76. The van der Waals surface area contributed by atoms with E-state index in [4.69, 9.17) is 11.6 Å². The number of aryl methyl sites for hydroxylation is 1. The van der Waals surface area contributed by atoms with Crippen LogP contribution in [-0.2, 0) is 21.2 Å². The molecule has 3 aromatic rings. The Hall–Kier alpha value is -2.82. The highest BCUT2D eigenvalue weighted by Gasteiger charge is 2.31. The number of benzene rings is 2. The number of thiazole rings is 1. The number of amides is 1. The van der Waals surface area contributed by atoms with Crippen molar-refractivity contribution in [3.63, 3.8) is 0 Å². The summed E-state index contributed by atoms with van der Waals surface area (Å²) in [6.45, 7) is 5.25. The lowest BCUT2D eigenvalue weighted by atomic mass is 10.00. The van der Waals surface area contributed by atoms with Crippen LogP contribution in [0.4, 0.5) is 16.5 Å². The molecule has 5 rings (SSSR count). The summed E-state index contributed by atoms with van der Waals surface area (Å²) >= 11 is 7.41. The lowest BCUT2D eigenvalue weighted by Crippen LogP contribution is -2.55. The second-order valence-corrected chi connectivity index (χ2v) is 12.0. The van der Waals surface area contributed by atoms with Crippen LogP contribution in [0.15, 0.2) is 58.9 Å². The van der Waals surface area contributed by atoms with Crippen LogP contribution in [0, 0.1) is 0 Å². The van der Waals surface area contributed by atoms with E-state index in [1.165, 1.54) is 16.9 Å². The van der Waals surface area contributed by atoms with Gasteiger partial charge in [0.15, 0.2) is 5.13 Å². The van der Waals surface area contributed by atoms with Crippen LogP contribution in [0.2, 0.25) is 5.02 Å². The number of hydrogen-bond donors (Lipinski definition) is 1. The molecule has 1 saturated heterocycles. The molecule has 192 valence electrons. The van der Waals surface area contributed by atoms with Crippen molar-refractivity contribution < 1.29 is 14.6 Å². The van der Waals surface area contributed by atoms with E-state index in [1.807, 2.05) is 36.1 Å². The quantitative estimate of drug-likeness (QED) is 0.494. The third kappa shape index (κ3) is 5.16. The molecular formula is C25H30ClN5O3S2. The van der Waals surface area contributed by atoms with Gasteiger partial charge in [-0.15, -0.1) is 11.3 Å². The first-order chi connectivity index (χ1) is 17.3. The number of nitrogens with one attached hydrogen (secondary N) is 1. The van der Waals surface area contributed by atoms with Crippen LogP contribution < -0.4 is 14.5 Å². The molecule has 0 spiro atoms. The Labute approximate surface area is 222 Å². The van der Waals surface area contributed by atoms with Gasteiger partial charge in [-0.05, 0) is 61.7 Å². The smallest absolute Gasteiger partial charge is 0.263 e. The summed E-state index contributed by atoms with van der Waals surface area (Å²) in [4.78, 5) is 23.8. The molecule has 36 heavy (non-hydrogen) atoms. The van der Waals surface area contributed by atoms with E-state index >= 15 is 0 Å². The largest absolute Gasteiger partial charge is 0.368 e. The summed E-state index contributed by atoms with van der Waals surface area (Å²) in [6.07, 6.45) is 3.52. The Morgan fingerprint density at radius 2 is 1.94 bits per heavy atom. The number of aromatic nitrogens is 1. The van der Waals surface area contributed by atoms with Gasteiger partial charge in [0.1, 0.15) is 6.04 Å². The zero-order chi connectivity index (χ0) is 25.3. The van der Waals surface area contributed by atoms with Gasteiger partial charge in [-0.1, -0.05) is 17.7 Å². The lowest BCUT2D eigenvalue weighted by molar-refractivity contribution is -0.132. The normalized spacial score (nSPS) is 17.0. The standard InChI is InChI=1S/C25H28ClN5O3S2.H2/c1-18(31-10-3-4-19-16-20(26)7-8-23(19)31)24(32)30-13-11-29(12-14-30)21-5-2-6-22(17-21)36(33,34)28-25-27-9-15-35-25;/h2,5-9,15-18H,3-4,10-14H2,1H3,(H,27,28);1H/t18-;/m0./s1. The van der Waals surface area contributed by atoms with Crippen molar-refractivity contribution in [2.45, 2.75) is 30.7 Å². The molecule has 3 heterocycles. The minimum absolute atomic E-state index is 0. The highest BCUT2D eigenvalue weighted by atomic mass is 35.5. The van der Waals surface area contributed by atoms with E-state index in [-0.39, 0.29) is 18.3 Å². The van der Waals surface area contributed by atoms with E-state index in [9.17, 15) is 13.2 Å². The van der Waals surface area contributed by atoms with Gasteiger partial charge in [0.2, 0.25) is 5.91 Å². The highest BCUT2D eigenvalue weighted by molar-refractivity contribution is 7.93. The molecule has 2 aromatic carbocycles. The number of nitrogens with zero attached hydrogens (tertiary/aromatic N) is 4. The minimum atomic E-state index is -3.73. The number of carbonyl (C=O) groups is 1. The summed E-state index contributed by atoms with van der Waals surface area (Å²) < 4.78 is 28.1. The zero-order valence-electron chi connectivity index (χ0n) is 19.9. The van der Waals surface area contributed by atoms with Crippen molar-refractivity contribution >= 4 is 55.4 Å². The van der Waals surface area contributed by atoms with E-state index in [0.717, 1.165) is 35.8 Å². The first-order valence-corrected chi connectivity index (χ1v) is 14.7. The van der Waals surface area contributed by atoms with Crippen molar-refractivity contribution in [2.75, 3.05) is 47.2 Å². The van der Waals surface area contributed by atoms with Crippen LogP contribution in [0.5, 0.6) is 0 Å². The van der Waals surface area contributed by atoms with Crippen molar-refractivity contribution in [3.05, 3.63) is 64.6 Å².